The molecule has 29 heavy (non-hydrogen) atoms. The number of fused-ring (bicyclic) bond motifs is 1. The van der Waals surface area contributed by atoms with E-state index in [4.69, 9.17) is 23.8 Å². The Labute approximate surface area is 173 Å². The molecule has 4 rings (SSSR count). The number of aromatic nitrogens is 2. The number of terminal acetylenes is 1. The predicted octanol–water partition coefficient (Wildman–Crippen LogP) is 4.28. The molecule has 0 fully saturated rings. The molecule has 0 spiro atoms. The van der Waals surface area contributed by atoms with Crippen LogP contribution in [0, 0.1) is 12.3 Å². The second-order valence-electron chi connectivity index (χ2n) is 6.84. The van der Waals surface area contributed by atoms with Gasteiger partial charge in [-0.1, -0.05) is 41.8 Å². The van der Waals surface area contributed by atoms with Gasteiger partial charge in [-0.2, -0.15) is 0 Å². The van der Waals surface area contributed by atoms with Crippen LogP contribution in [0.25, 0.3) is 22.0 Å². The Kier molecular flexibility index (Phi) is 4.94. The summed E-state index contributed by atoms with van der Waals surface area (Å²) >= 11 is 5.98. The Morgan fingerprint density at radius 1 is 1.14 bits per heavy atom. The van der Waals surface area contributed by atoms with Gasteiger partial charge in [0.1, 0.15) is 0 Å². The minimum atomic E-state index is -0.418. The topological polar surface area (TPSA) is 60.9 Å². The fraction of sp³-hybridized carbons (Fsp3) is 0.0833. The molecule has 2 heterocycles. The zero-order valence-corrected chi connectivity index (χ0v) is 16.5. The number of halogens is 1. The molecule has 0 saturated carbocycles. The monoisotopic (exact) mass is 399 g/mol. The first kappa shape index (κ1) is 18.9. The zero-order chi connectivity index (χ0) is 20.5. The standard InChI is InChI=1S/C24H18ClN3O/c1-3-15-5-4-6-17(11-15)19-13-23(29)28(2)22-14-27-21(12-20(19)22)24(26)16-7-9-18(25)10-8-16/h1,4-14,24H,26H2,2H3. The number of nitrogens with two attached hydrogens (primary N) is 1. The number of nitrogens with zero attached hydrogens (tertiary/aromatic N) is 2. The van der Waals surface area contributed by atoms with Gasteiger partial charge in [-0.3, -0.25) is 9.78 Å². The van der Waals surface area contributed by atoms with Crippen LogP contribution in [0.3, 0.4) is 0 Å². The van der Waals surface area contributed by atoms with Crippen molar-refractivity contribution in [2.45, 2.75) is 6.04 Å². The summed E-state index contributed by atoms with van der Waals surface area (Å²) in [6.45, 7) is 0. The van der Waals surface area contributed by atoms with Crippen molar-refractivity contribution in [2.24, 2.45) is 12.8 Å². The lowest BCUT2D eigenvalue weighted by Crippen LogP contribution is -2.18. The van der Waals surface area contributed by atoms with Crippen molar-refractivity contribution in [3.8, 4) is 23.5 Å². The molecule has 4 nitrogen and oxygen atoms in total. The molecule has 0 amide bonds. The van der Waals surface area contributed by atoms with Crippen molar-refractivity contribution in [3.63, 3.8) is 0 Å². The SMILES string of the molecule is C#Cc1cccc(-c2cc(=O)n(C)c3cnc(C(N)c4ccc(Cl)cc4)cc23)c1. The van der Waals surface area contributed by atoms with E-state index in [0.717, 1.165) is 33.2 Å². The zero-order valence-electron chi connectivity index (χ0n) is 15.8. The molecular formula is C24H18ClN3O. The van der Waals surface area contributed by atoms with Crippen molar-refractivity contribution in [3.05, 3.63) is 99.1 Å². The molecule has 5 heteroatoms. The van der Waals surface area contributed by atoms with Gasteiger partial charge in [0.2, 0.25) is 0 Å². The Morgan fingerprint density at radius 2 is 1.90 bits per heavy atom. The summed E-state index contributed by atoms with van der Waals surface area (Å²) in [5.74, 6) is 2.64. The van der Waals surface area contributed by atoms with E-state index in [9.17, 15) is 4.79 Å². The third kappa shape index (κ3) is 3.54. The molecule has 2 aromatic carbocycles. The third-order valence-corrected chi connectivity index (χ3v) is 5.29. The highest BCUT2D eigenvalue weighted by Crippen LogP contribution is 2.30. The van der Waals surface area contributed by atoms with E-state index in [-0.39, 0.29) is 5.56 Å². The molecule has 0 bridgehead atoms. The van der Waals surface area contributed by atoms with Crippen molar-refractivity contribution in [2.75, 3.05) is 0 Å². The Bertz CT molecular complexity index is 1320. The quantitative estimate of drug-likeness (QED) is 0.523. The minimum Gasteiger partial charge on any atom is -0.319 e. The molecule has 2 aromatic heterocycles. The van der Waals surface area contributed by atoms with Gasteiger partial charge >= 0.3 is 0 Å². The normalized spacial score (nSPS) is 11.9. The fourth-order valence-electron chi connectivity index (χ4n) is 3.39. The van der Waals surface area contributed by atoms with Gasteiger partial charge in [0, 0.05) is 29.1 Å². The summed E-state index contributed by atoms with van der Waals surface area (Å²) in [7, 11) is 1.73. The molecule has 1 unspecified atom stereocenters. The second kappa shape index (κ2) is 7.56. The van der Waals surface area contributed by atoms with Gasteiger partial charge in [0.05, 0.1) is 23.4 Å². The van der Waals surface area contributed by atoms with Gasteiger partial charge in [-0.15, -0.1) is 6.42 Å². The summed E-state index contributed by atoms with van der Waals surface area (Å²) < 4.78 is 1.58. The molecule has 142 valence electrons. The molecule has 1 atom stereocenters. The lowest BCUT2D eigenvalue weighted by atomic mass is 9.97. The summed E-state index contributed by atoms with van der Waals surface area (Å²) in [5.41, 5.74) is 11.1. The van der Waals surface area contributed by atoms with Crippen LogP contribution >= 0.6 is 11.6 Å². The number of hydrogen-bond acceptors (Lipinski definition) is 3. The molecule has 0 aliphatic heterocycles. The van der Waals surface area contributed by atoms with Crippen LogP contribution < -0.4 is 11.3 Å². The highest BCUT2D eigenvalue weighted by molar-refractivity contribution is 6.30. The highest BCUT2D eigenvalue weighted by Gasteiger charge is 2.15. The van der Waals surface area contributed by atoms with Gasteiger partial charge in [0.25, 0.3) is 5.56 Å². The molecule has 2 N–H and O–H groups in total. The molecular weight excluding hydrogens is 382 g/mol. The Balaban J connectivity index is 1.93. The Hall–Kier alpha value is -3.39. The number of rotatable bonds is 3. The maximum absolute atomic E-state index is 12.5. The van der Waals surface area contributed by atoms with Crippen LogP contribution in [-0.4, -0.2) is 9.55 Å². The van der Waals surface area contributed by atoms with E-state index < -0.39 is 6.04 Å². The van der Waals surface area contributed by atoms with Crippen LogP contribution in [0.15, 0.2) is 71.7 Å². The third-order valence-electron chi connectivity index (χ3n) is 5.04. The van der Waals surface area contributed by atoms with E-state index in [1.54, 1.807) is 36.0 Å². The van der Waals surface area contributed by atoms with Crippen LogP contribution in [-0.2, 0) is 7.05 Å². The number of aryl methyl sites for hydroxylation is 1. The van der Waals surface area contributed by atoms with Crippen molar-refractivity contribution < 1.29 is 0 Å². The first-order valence-corrected chi connectivity index (χ1v) is 9.43. The van der Waals surface area contributed by atoms with E-state index in [2.05, 4.69) is 10.9 Å². The van der Waals surface area contributed by atoms with E-state index in [1.165, 1.54) is 0 Å². The molecule has 0 aliphatic rings. The van der Waals surface area contributed by atoms with Gasteiger partial charge in [-0.25, -0.2) is 0 Å². The van der Waals surface area contributed by atoms with Crippen LogP contribution in [0.1, 0.15) is 22.9 Å². The van der Waals surface area contributed by atoms with Crippen LogP contribution in [0.2, 0.25) is 5.02 Å². The lowest BCUT2D eigenvalue weighted by molar-refractivity contribution is 0.827. The molecule has 0 radical (unpaired) electrons. The molecule has 0 aliphatic carbocycles. The number of pyridine rings is 2. The van der Waals surface area contributed by atoms with Gasteiger partial charge in [-0.05, 0) is 47.0 Å². The van der Waals surface area contributed by atoms with Crippen molar-refractivity contribution >= 4 is 22.5 Å². The second-order valence-corrected chi connectivity index (χ2v) is 7.27. The van der Waals surface area contributed by atoms with E-state index in [0.29, 0.717) is 10.7 Å². The first-order chi connectivity index (χ1) is 14.0. The van der Waals surface area contributed by atoms with Crippen LogP contribution in [0.5, 0.6) is 0 Å². The number of benzene rings is 2. The number of hydrogen-bond donors (Lipinski definition) is 1. The summed E-state index contributed by atoms with van der Waals surface area (Å²) in [5, 5.41) is 1.54. The van der Waals surface area contributed by atoms with E-state index in [1.807, 2.05) is 42.5 Å². The predicted molar refractivity (Wildman–Crippen MR) is 118 cm³/mol. The fourth-order valence-corrected chi connectivity index (χ4v) is 3.52. The van der Waals surface area contributed by atoms with Crippen molar-refractivity contribution in [1.29, 1.82) is 0 Å². The first-order valence-electron chi connectivity index (χ1n) is 9.05. The lowest BCUT2D eigenvalue weighted by Gasteiger charge is -2.15. The van der Waals surface area contributed by atoms with E-state index >= 15 is 0 Å². The van der Waals surface area contributed by atoms with Crippen LogP contribution in [0.4, 0.5) is 0 Å². The maximum atomic E-state index is 12.5. The van der Waals surface area contributed by atoms with Crippen molar-refractivity contribution in [1.82, 2.24) is 9.55 Å². The van der Waals surface area contributed by atoms with Gasteiger partial charge < -0.3 is 10.3 Å². The molecule has 4 aromatic rings. The molecule has 0 saturated heterocycles. The largest absolute Gasteiger partial charge is 0.319 e. The smallest absolute Gasteiger partial charge is 0.251 e. The van der Waals surface area contributed by atoms with Gasteiger partial charge in [0.15, 0.2) is 0 Å². The summed E-state index contributed by atoms with van der Waals surface area (Å²) in [4.78, 5) is 17.0. The highest BCUT2D eigenvalue weighted by atomic mass is 35.5. The average molecular weight is 400 g/mol. The maximum Gasteiger partial charge on any atom is 0.251 e. The summed E-state index contributed by atoms with van der Waals surface area (Å²) in [6.07, 6.45) is 7.24. The Morgan fingerprint density at radius 3 is 2.62 bits per heavy atom. The minimum absolute atomic E-state index is 0.116. The average Bonchev–Trinajstić information content (AvgIpc) is 2.76. The summed E-state index contributed by atoms with van der Waals surface area (Å²) in [6, 6.07) is 18.1.